The molecule has 4 heteroatoms. The van der Waals surface area contributed by atoms with Crippen LogP contribution in [0, 0.1) is 11.8 Å². The van der Waals surface area contributed by atoms with Crippen molar-refractivity contribution in [2.45, 2.75) is 20.3 Å². The molecular weight excluding hydrogens is 200 g/mol. The molecule has 1 aliphatic rings. The highest BCUT2D eigenvalue weighted by molar-refractivity contribution is 5.43. The molecule has 1 aliphatic heterocycles. The highest BCUT2D eigenvalue weighted by Gasteiger charge is 2.25. The molecule has 1 N–H and O–H groups in total. The standard InChI is InChI=1S/C12H20N4/c1-9(2)10-5-7-16(8-10)11-4-6-14-12(13-3)15-11/h4,6,9-10H,5,7-8H2,1-3H3,(H,13,14,15). The van der Waals surface area contributed by atoms with Crippen molar-refractivity contribution in [3.05, 3.63) is 12.3 Å². The number of nitrogens with zero attached hydrogens (tertiary/aromatic N) is 3. The fourth-order valence-electron chi connectivity index (χ4n) is 2.19. The van der Waals surface area contributed by atoms with Crippen LogP contribution in [-0.4, -0.2) is 30.1 Å². The van der Waals surface area contributed by atoms with E-state index in [4.69, 9.17) is 0 Å². The van der Waals surface area contributed by atoms with Gasteiger partial charge in [-0.25, -0.2) is 4.98 Å². The van der Waals surface area contributed by atoms with E-state index in [9.17, 15) is 0 Å². The van der Waals surface area contributed by atoms with E-state index in [0.29, 0.717) is 5.95 Å². The first-order valence-electron chi connectivity index (χ1n) is 5.96. The first kappa shape index (κ1) is 11.2. The molecule has 1 atom stereocenters. The number of rotatable bonds is 3. The molecule has 1 aromatic heterocycles. The summed E-state index contributed by atoms with van der Waals surface area (Å²) in [6.45, 7) is 6.83. The Morgan fingerprint density at radius 2 is 2.31 bits per heavy atom. The summed E-state index contributed by atoms with van der Waals surface area (Å²) < 4.78 is 0. The normalized spacial score (nSPS) is 20.5. The van der Waals surface area contributed by atoms with Gasteiger partial charge < -0.3 is 10.2 Å². The second-order valence-corrected chi connectivity index (χ2v) is 4.73. The van der Waals surface area contributed by atoms with Gasteiger partial charge in [-0.15, -0.1) is 0 Å². The zero-order chi connectivity index (χ0) is 11.5. The first-order valence-corrected chi connectivity index (χ1v) is 5.96. The van der Waals surface area contributed by atoms with Gasteiger partial charge in [0.2, 0.25) is 5.95 Å². The predicted molar refractivity (Wildman–Crippen MR) is 66.7 cm³/mol. The second kappa shape index (κ2) is 4.68. The number of hydrogen-bond donors (Lipinski definition) is 1. The van der Waals surface area contributed by atoms with Crippen LogP contribution in [0.1, 0.15) is 20.3 Å². The van der Waals surface area contributed by atoms with E-state index in [-0.39, 0.29) is 0 Å². The van der Waals surface area contributed by atoms with Crippen LogP contribution in [0.25, 0.3) is 0 Å². The molecule has 1 fully saturated rings. The van der Waals surface area contributed by atoms with Crippen molar-refractivity contribution in [3.63, 3.8) is 0 Å². The average molecular weight is 220 g/mol. The fourth-order valence-corrected chi connectivity index (χ4v) is 2.19. The van der Waals surface area contributed by atoms with Gasteiger partial charge in [-0.2, -0.15) is 4.98 Å². The lowest BCUT2D eigenvalue weighted by Gasteiger charge is -2.19. The maximum absolute atomic E-state index is 4.47. The van der Waals surface area contributed by atoms with E-state index in [2.05, 4.69) is 34.0 Å². The van der Waals surface area contributed by atoms with Crippen LogP contribution in [0.3, 0.4) is 0 Å². The third kappa shape index (κ3) is 2.26. The maximum Gasteiger partial charge on any atom is 0.224 e. The third-order valence-corrected chi connectivity index (χ3v) is 3.36. The summed E-state index contributed by atoms with van der Waals surface area (Å²) in [7, 11) is 1.85. The molecule has 1 aromatic rings. The lowest BCUT2D eigenvalue weighted by atomic mass is 9.95. The lowest BCUT2D eigenvalue weighted by molar-refractivity contribution is 0.422. The van der Waals surface area contributed by atoms with Gasteiger partial charge in [-0.3, -0.25) is 0 Å². The largest absolute Gasteiger partial charge is 0.357 e. The van der Waals surface area contributed by atoms with Gasteiger partial charge in [0.25, 0.3) is 0 Å². The first-order chi connectivity index (χ1) is 7.70. The molecule has 0 aliphatic carbocycles. The van der Waals surface area contributed by atoms with Crippen molar-refractivity contribution in [2.75, 3.05) is 30.4 Å². The topological polar surface area (TPSA) is 41.1 Å². The van der Waals surface area contributed by atoms with Crippen LogP contribution in [0.5, 0.6) is 0 Å². The minimum Gasteiger partial charge on any atom is -0.357 e. The molecule has 0 radical (unpaired) electrons. The van der Waals surface area contributed by atoms with Gasteiger partial charge in [-0.1, -0.05) is 13.8 Å². The van der Waals surface area contributed by atoms with Crippen LogP contribution in [-0.2, 0) is 0 Å². The SMILES string of the molecule is CNc1nccc(N2CCC(C(C)C)C2)n1. The quantitative estimate of drug-likeness (QED) is 0.846. The van der Waals surface area contributed by atoms with E-state index < -0.39 is 0 Å². The van der Waals surface area contributed by atoms with Crippen molar-refractivity contribution < 1.29 is 0 Å². The van der Waals surface area contributed by atoms with E-state index in [1.165, 1.54) is 6.42 Å². The fraction of sp³-hybridized carbons (Fsp3) is 0.667. The van der Waals surface area contributed by atoms with Gasteiger partial charge in [0, 0.05) is 26.3 Å². The summed E-state index contributed by atoms with van der Waals surface area (Å²) >= 11 is 0. The Morgan fingerprint density at radius 1 is 1.50 bits per heavy atom. The monoisotopic (exact) mass is 220 g/mol. The van der Waals surface area contributed by atoms with Crippen molar-refractivity contribution in [3.8, 4) is 0 Å². The summed E-state index contributed by atoms with van der Waals surface area (Å²) in [6, 6.07) is 1.99. The van der Waals surface area contributed by atoms with E-state index >= 15 is 0 Å². The smallest absolute Gasteiger partial charge is 0.224 e. The molecule has 1 unspecified atom stereocenters. The molecule has 2 rings (SSSR count). The molecule has 0 spiro atoms. The Hall–Kier alpha value is -1.32. The zero-order valence-electron chi connectivity index (χ0n) is 10.3. The van der Waals surface area contributed by atoms with Crippen molar-refractivity contribution in [1.82, 2.24) is 9.97 Å². The molecule has 2 heterocycles. The van der Waals surface area contributed by atoms with Crippen LogP contribution in [0.4, 0.5) is 11.8 Å². The third-order valence-electron chi connectivity index (χ3n) is 3.36. The van der Waals surface area contributed by atoms with E-state index in [1.54, 1.807) is 0 Å². The van der Waals surface area contributed by atoms with Crippen molar-refractivity contribution in [1.29, 1.82) is 0 Å². The predicted octanol–water partition coefficient (Wildman–Crippen LogP) is 2.00. The molecule has 16 heavy (non-hydrogen) atoms. The van der Waals surface area contributed by atoms with Crippen LogP contribution in [0.2, 0.25) is 0 Å². The summed E-state index contributed by atoms with van der Waals surface area (Å²) in [6.07, 6.45) is 3.09. The summed E-state index contributed by atoms with van der Waals surface area (Å²) in [5, 5.41) is 2.98. The van der Waals surface area contributed by atoms with Gasteiger partial charge in [0.1, 0.15) is 5.82 Å². The van der Waals surface area contributed by atoms with Crippen LogP contribution < -0.4 is 10.2 Å². The summed E-state index contributed by atoms with van der Waals surface area (Å²) in [4.78, 5) is 11.0. The Labute approximate surface area is 97.1 Å². The number of hydrogen-bond acceptors (Lipinski definition) is 4. The Bertz CT molecular complexity index is 351. The number of anilines is 2. The minimum absolute atomic E-state index is 0.700. The summed E-state index contributed by atoms with van der Waals surface area (Å²) in [5.41, 5.74) is 0. The van der Waals surface area contributed by atoms with Crippen LogP contribution >= 0.6 is 0 Å². The van der Waals surface area contributed by atoms with Crippen molar-refractivity contribution >= 4 is 11.8 Å². The maximum atomic E-state index is 4.47. The highest BCUT2D eigenvalue weighted by atomic mass is 15.2. The molecule has 0 aromatic carbocycles. The van der Waals surface area contributed by atoms with E-state index in [1.807, 2.05) is 19.3 Å². The Balaban J connectivity index is 2.08. The molecule has 1 saturated heterocycles. The lowest BCUT2D eigenvalue weighted by Crippen LogP contribution is -2.22. The number of aromatic nitrogens is 2. The average Bonchev–Trinajstić information content (AvgIpc) is 2.78. The van der Waals surface area contributed by atoms with Crippen molar-refractivity contribution in [2.24, 2.45) is 11.8 Å². The molecule has 88 valence electrons. The van der Waals surface area contributed by atoms with E-state index in [0.717, 1.165) is 30.7 Å². The molecular formula is C12H20N4. The van der Waals surface area contributed by atoms with Gasteiger partial charge in [-0.05, 0) is 24.3 Å². The molecule has 0 bridgehead atoms. The highest BCUT2D eigenvalue weighted by Crippen LogP contribution is 2.27. The summed E-state index contributed by atoms with van der Waals surface area (Å²) in [5.74, 6) is 3.30. The van der Waals surface area contributed by atoms with Crippen LogP contribution in [0.15, 0.2) is 12.3 Å². The second-order valence-electron chi connectivity index (χ2n) is 4.73. The Morgan fingerprint density at radius 3 is 2.94 bits per heavy atom. The molecule has 4 nitrogen and oxygen atoms in total. The zero-order valence-corrected chi connectivity index (χ0v) is 10.3. The van der Waals surface area contributed by atoms with Gasteiger partial charge in [0.15, 0.2) is 0 Å². The number of nitrogens with one attached hydrogen (secondary N) is 1. The molecule has 0 amide bonds. The Kier molecular flexibility index (Phi) is 3.27. The van der Waals surface area contributed by atoms with Gasteiger partial charge >= 0.3 is 0 Å². The van der Waals surface area contributed by atoms with Gasteiger partial charge in [0.05, 0.1) is 0 Å². The molecule has 0 saturated carbocycles. The minimum atomic E-state index is 0.700.